The summed E-state index contributed by atoms with van der Waals surface area (Å²) in [5.74, 6) is 0.0282. The van der Waals surface area contributed by atoms with E-state index in [1.165, 1.54) is 25.7 Å². The molecule has 1 heterocycles. The van der Waals surface area contributed by atoms with E-state index in [0.717, 1.165) is 42.5 Å². The van der Waals surface area contributed by atoms with Gasteiger partial charge in [-0.25, -0.2) is 0 Å². The van der Waals surface area contributed by atoms with Crippen molar-refractivity contribution in [2.45, 2.75) is 51.5 Å². The van der Waals surface area contributed by atoms with E-state index in [1.54, 1.807) is 0 Å². The normalized spacial score (nSPS) is 12.0. The molecule has 0 amide bonds. The van der Waals surface area contributed by atoms with E-state index in [-0.39, 0.29) is 23.7 Å². The number of nitrogens with zero attached hydrogens (tertiary/aromatic N) is 1. The summed E-state index contributed by atoms with van der Waals surface area (Å²) in [5, 5.41) is 1.40. The number of hydrogen-bond donors (Lipinski definition) is 1. The minimum atomic E-state index is 0. The van der Waals surface area contributed by atoms with Gasteiger partial charge in [0.25, 0.3) is 5.56 Å². The maximum absolute atomic E-state index is 13.3. The highest BCUT2D eigenvalue weighted by molar-refractivity contribution is 6.26. The van der Waals surface area contributed by atoms with Crippen molar-refractivity contribution in [1.29, 1.82) is 0 Å². The first-order chi connectivity index (χ1) is 14.2. The van der Waals surface area contributed by atoms with Crippen molar-refractivity contribution in [1.82, 2.24) is 4.57 Å². The first-order valence-corrected chi connectivity index (χ1v) is 10.7. The number of halogens is 1. The largest absolute Gasteiger partial charge is 0.330 e. The summed E-state index contributed by atoms with van der Waals surface area (Å²) in [6.07, 6.45) is 7.95. The van der Waals surface area contributed by atoms with Crippen LogP contribution in [-0.4, -0.2) is 16.9 Å². The number of pyridine rings is 1. The minimum absolute atomic E-state index is 0. The molecular formula is C25H29ClN2O2. The van der Waals surface area contributed by atoms with Crippen LogP contribution in [0.4, 0.5) is 0 Å². The monoisotopic (exact) mass is 424 g/mol. The van der Waals surface area contributed by atoms with E-state index in [9.17, 15) is 9.59 Å². The van der Waals surface area contributed by atoms with E-state index in [4.69, 9.17) is 5.73 Å². The Bertz CT molecular complexity index is 1100. The number of unbranched alkanes of at least 4 members (excludes halogenated alkanes) is 6. The Kier molecular flexibility index (Phi) is 7.46. The summed E-state index contributed by atoms with van der Waals surface area (Å²) in [5.41, 5.74) is 8.62. The van der Waals surface area contributed by atoms with Gasteiger partial charge in [-0.1, -0.05) is 74.6 Å². The predicted molar refractivity (Wildman–Crippen MR) is 126 cm³/mol. The van der Waals surface area contributed by atoms with Crippen LogP contribution < -0.4 is 11.3 Å². The van der Waals surface area contributed by atoms with Crippen molar-refractivity contribution >= 4 is 29.0 Å². The van der Waals surface area contributed by atoms with Gasteiger partial charge in [0, 0.05) is 28.4 Å². The lowest BCUT2D eigenvalue weighted by Crippen LogP contribution is -2.23. The third-order valence-corrected chi connectivity index (χ3v) is 5.92. The van der Waals surface area contributed by atoms with Crippen molar-refractivity contribution in [2.75, 3.05) is 6.54 Å². The van der Waals surface area contributed by atoms with Crippen LogP contribution in [0.2, 0.25) is 0 Å². The highest BCUT2D eigenvalue weighted by Crippen LogP contribution is 2.39. The summed E-state index contributed by atoms with van der Waals surface area (Å²) in [7, 11) is 0. The van der Waals surface area contributed by atoms with Crippen LogP contribution in [0, 0.1) is 0 Å². The smallest absolute Gasteiger partial charge is 0.258 e. The highest BCUT2D eigenvalue weighted by Gasteiger charge is 2.31. The number of aromatic nitrogens is 1. The maximum Gasteiger partial charge on any atom is 0.258 e. The van der Waals surface area contributed by atoms with Gasteiger partial charge in [-0.05, 0) is 25.5 Å². The summed E-state index contributed by atoms with van der Waals surface area (Å²) in [6.45, 7) is 1.42. The number of hydrogen-bond acceptors (Lipinski definition) is 3. The lowest BCUT2D eigenvalue weighted by atomic mass is 10.0. The Labute approximate surface area is 183 Å². The van der Waals surface area contributed by atoms with Gasteiger partial charge in [-0.15, -0.1) is 12.4 Å². The summed E-state index contributed by atoms with van der Waals surface area (Å²) in [4.78, 5) is 26.4. The molecule has 0 spiro atoms. The standard InChI is InChI=1S/C25H28N2O2.ClH/c26-16-10-4-2-1-3-5-11-17-27-23-19-13-7-8-14-20(19)24(28)22(23)18-12-6-9-15-21(18)25(27)29;/h6-9,12-15H,1-5,10-11,16-17,26H2;1H. The first-order valence-electron chi connectivity index (χ1n) is 10.7. The van der Waals surface area contributed by atoms with Gasteiger partial charge in [-0.3, -0.25) is 9.59 Å². The number of ketones is 1. The quantitative estimate of drug-likeness (QED) is 0.369. The zero-order chi connectivity index (χ0) is 20.2. The molecule has 0 aliphatic heterocycles. The second-order valence-electron chi connectivity index (χ2n) is 7.86. The molecule has 2 N–H and O–H groups in total. The molecule has 0 atom stereocenters. The third-order valence-electron chi connectivity index (χ3n) is 5.92. The van der Waals surface area contributed by atoms with Crippen LogP contribution >= 0.6 is 12.4 Å². The second-order valence-corrected chi connectivity index (χ2v) is 7.86. The van der Waals surface area contributed by atoms with Gasteiger partial charge in [-0.2, -0.15) is 0 Å². The Morgan fingerprint density at radius 2 is 1.27 bits per heavy atom. The molecule has 0 saturated carbocycles. The number of benzene rings is 2. The SMILES string of the molecule is Cl.NCCCCCCCCCn1c2c(c3ccccc3c1=O)C(=O)c1ccccc1-2. The first kappa shape index (κ1) is 22.3. The van der Waals surface area contributed by atoms with Crippen LogP contribution in [0.3, 0.4) is 0 Å². The van der Waals surface area contributed by atoms with Gasteiger partial charge in [0.1, 0.15) is 0 Å². The fourth-order valence-electron chi connectivity index (χ4n) is 4.44. The molecule has 0 unspecified atom stereocenters. The molecule has 1 aliphatic carbocycles. The molecule has 1 aromatic heterocycles. The average molecular weight is 425 g/mol. The number of carbonyl (C=O) groups is 1. The molecule has 4 nitrogen and oxygen atoms in total. The molecule has 0 fully saturated rings. The maximum atomic E-state index is 13.3. The Morgan fingerprint density at radius 1 is 0.700 bits per heavy atom. The molecule has 0 saturated heterocycles. The molecule has 0 radical (unpaired) electrons. The Hall–Kier alpha value is -2.43. The highest BCUT2D eigenvalue weighted by atomic mass is 35.5. The third kappa shape index (κ3) is 4.07. The van der Waals surface area contributed by atoms with E-state index in [1.807, 2.05) is 53.1 Å². The van der Waals surface area contributed by atoms with Gasteiger partial charge in [0.15, 0.2) is 5.78 Å². The number of rotatable bonds is 9. The molecular weight excluding hydrogens is 396 g/mol. The topological polar surface area (TPSA) is 65.1 Å². The zero-order valence-electron chi connectivity index (χ0n) is 17.2. The summed E-state index contributed by atoms with van der Waals surface area (Å²) in [6, 6.07) is 15.1. The van der Waals surface area contributed by atoms with Crippen molar-refractivity contribution in [3.63, 3.8) is 0 Å². The van der Waals surface area contributed by atoms with Gasteiger partial charge in [0.2, 0.25) is 0 Å². The van der Waals surface area contributed by atoms with Crippen molar-refractivity contribution < 1.29 is 4.79 Å². The summed E-state index contributed by atoms with van der Waals surface area (Å²) >= 11 is 0. The van der Waals surface area contributed by atoms with E-state index < -0.39 is 0 Å². The fourth-order valence-corrected chi connectivity index (χ4v) is 4.44. The molecule has 2 aromatic carbocycles. The molecule has 158 valence electrons. The molecule has 1 aliphatic rings. The van der Waals surface area contributed by atoms with Gasteiger partial charge < -0.3 is 10.3 Å². The lowest BCUT2D eigenvalue weighted by Gasteiger charge is -2.15. The van der Waals surface area contributed by atoms with E-state index in [2.05, 4.69) is 0 Å². The second kappa shape index (κ2) is 10.1. The predicted octanol–water partition coefficient (Wildman–Crippen LogP) is 5.32. The van der Waals surface area contributed by atoms with Crippen LogP contribution in [0.15, 0.2) is 53.3 Å². The lowest BCUT2D eigenvalue weighted by molar-refractivity contribution is 0.104. The minimum Gasteiger partial charge on any atom is -0.330 e. The summed E-state index contributed by atoms with van der Waals surface area (Å²) < 4.78 is 1.84. The van der Waals surface area contributed by atoms with Crippen LogP contribution in [0.1, 0.15) is 60.9 Å². The molecule has 3 aromatic rings. The van der Waals surface area contributed by atoms with Crippen molar-refractivity contribution in [3.8, 4) is 11.3 Å². The fraction of sp³-hybridized carbons (Fsp3) is 0.360. The molecule has 0 bridgehead atoms. The zero-order valence-corrected chi connectivity index (χ0v) is 18.0. The Morgan fingerprint density at radius 3 is 1.97 bits per heavy atom. The van der Waals surface area contributed by atoms with Crippen LogP contribution in [0.5, 0.6) is 0 Å². The average Bonchev–Trinajstić information content (AvgIpc) is 3.05. The van der Waals surface area contributed by atoms with Gasteiger partial charge in [0.05, 0.1) is 11.3 Å². The van der Waals surface area contributed by atoms with E-state index >= 15 is 0 Å². The molecule has 30 heavy (non-hydrogen) atoms. The van der Waals surface area contributed by atoms with Crippen LogP contribution in [0.25, 0.3) is 22.0 Å². The number of carbonyl (C=O) groups excluding carboxylic acids is 1. The number of fused-ring (bicyclic) bond motifs is 5. The van der Waals surface area contributed by atoms with E-state index in [0.29, 0.717) is 23.1 Å². The molecule has 5 heteroatoms. The van der Waals surface area contributed by atoms with Crippen molar-refractivity contribution in [3.05, 3.63) is 70.0 Å². The van der Waals surface area contributed by atoms with Crippen LogP contribution in [-0.2, 0) is 6.54 Å². The van der Waals surface area contributed by atoms with Gasteiger partial charge >= 0.3 is 0 Å². The number of nitrogens with two attached hydrogens (primary N) is 1. The Balaban J connectivity index is 0.00000256. The molecule has 4 rings (SSSR count). The van der Waals surface area contributed by atoms with Crippen molar-refractivity contribution in [2.24, 2.45) is 5.73 Å².